The summed E-state index contributed by atoms with van der Waals surface area (Å²) in [5.74, 6) is -0.344. The number of carbonyl (C=O) groups excluding carboxylic acids is 2. The maximum atomic E-state index is 12.2. The van der Waals surface area contributed by atoms with E-state index in [0.717, 1.165) is 0 Å². The first-order valence-corrected chi connectivity index (χ1v) is 10.3. The molecule has 0 saturated carbocycles. The Balaban J connectivity index is 1.90. The maximum Gasteiger partial charge on any atom is 0.363 e. The molecule has 2 aromatic carbocycles. The first-order chi connectivity index (χ1) is 13.4. The Hall–Kier alpha value is -1.96. The van der Waals surface area contributed by atoms with E-state index in [1.165, 1.54) is 0 Å². The quantitative estimate of drug-likeness (QED) is 0.275. The van der Waals surface area contributed by atoms with Crippen molar-refractivity contribution in [2.75, 3.05) is 0 Å². The molecule has 0 aromatic heterocycles. The van der Waals surface area contributed by atoms with Crippen LogP contribution in [0.15, 0.2) is 56.0 Å². The van der Waals surface area contributed by atoms with Crippen LogP contribution in [0.4, 0.5) is 0 Å². The number of cyclic esters (lactones) is 1. The SMILES string of the molecule is CCCC(=O)Oc1c(Br)cc(/C=C2\N=C(c3ccccc3Cl)OC2=O)cc1Br. The lowest BCUT2D eigenvalue weighted by atomic mass is 10.2. The zero-order valence-corrected chi connectivity index (χ0v) is 18.6. The van der Waals surface area contributed by atoms with Crippen molar-refractivity contribution in [3.8, 4) is 5.75 Å². The van der Waals surface area contributed by atoms with Crippen molar-refractivity contribution < 1.29 is 19.1 Å². The molecule has 2 aromatic rings. The Kier molecular flexibility index (Phi) is 6.69. The average molecular weight is 528 g/mol. The summed E-state index contributed by atoms with van der Waals surface area (Å²) in [6.45, 7) is 1.90. The molecule has 1 heterocycles. The lowest BCUT2D eigenvalue weighted by Gasteiger charge is -2.09. The third-order valence-corrected chi connectivity index (χ3v) is 5.23. The van der Waals surface area contributed by atoms with Gasteiger partial charge in [0, 0.05) is 6.42 Å². The van der Waals surface area contributed by atoms with Gasteiger partial charge in [0.2, 0.25) is 5.90 Å². The van der Waals surface area contributed by atoms with Gasteiger partial charge in [-0.05, 0) is 74.2 Å². The van der Waals surface area contributed by atoms with Gasteiger partial charge in [-0.25, -0.2) is 9.79 Å². The highest BCUT2D eigenvalue weighted by atomic mass is 79.9. The number of carbonyl (C=O) groups is 2. The van der Waals surface area contributed by atoms with Gasteiger partial charge in [0.25, 0.3) is 0 Å². The van der Waals surface area contributed by atoms with E-state index in [0.29, 0.717) is 43.7 Å². The molecule has 0 N–H and O–H groups in total. The van der Waals surface area contributed by atoms with E-state index in [4.69, 9.17) is 21.1 Å². The number of nitrogens with zero attached hydrogens (tertiary/aromatic N) is 1. The number of hydrogen-bond acceptors (Lipinski definition) is 5. The number of esters is 2. The Morgan fingerprint density at radius 3 is 2.57 bits per heavy atom. The van der Waals surface area contributed by atoms with Crippen molar-refractivity contribution in [1.82, 2.24) is 0 Å². The van der Waals surface area contributed by atoms with E-state index in [1.807, 2.05) is 6.92 Å². The molecule has 0 unspecified atom stereocenters. The number of hydrogen-bond donors (Lipinski definition) is 0. The molecule has 0 aliphatic carbocycles. The molecule has 0 saturated heterocycles. The molecule has 5 nitrogen and oxygen atoms in total. The highest BCUT2D eigenvalue weighted by Gasteiger charge is 2.25. The molecule has 8 heteroatoms. The summed E-state index contributed by atoms with van der Waals surface area (Å²) in [4.78, 5) is 28.2. The molecule has 0 amide bonds. The first kappa shape index (κ1) is 20.8. The summed E-state index contributed by atoms with van der Waals surface area (Å²) in [5.41, 5.74) is 1.36. The standard InChI is InChI=1S/C20H14Br2ClNO4/c1-2-5-17(25)27-18-13(21)8-11(9-14(18)22)10-16-20(26)28-19(24-16)12-6-3-4-7-15(12)23/h3-4,6-10H,2,5H2,1H3/b16-10-. The van der Waals surface area contributed by atoms with Gasteiger partial charge in [-0.3, -0.25) is 4.79 Å². The predicted molar refractivity (Wildman–Crippen MR) is 114 cm³/mol. The van der Waals surface area contributed by atoms with Gasteiger partial charge in [0.05, 0.1) is 19.5 Å². The van der Waals surface area contributed by atoms with Crippen molar-refractivity contribution in [3.05, 3.63) is 67.2 Å². The van der Waals surface area contributed by atoms with Crippen LogP contribution in [0.3, 0.4) is 0 Å². The molecule has 1 aliphatic heterocycles. The summed E-state index contributed by atoms with van der Waals surface area (Å²) < 4.78 is 11.7. The second-order valence-corrected chi connectivity index (χ2v) is 7.97. The highest BCUT2D eigenvalue weighted by molar-refractivity contribution is 9.11. The zero-order chi connectivity index (χ0) is 20.3. The second kappa shape index (κ2) is 9.03. The van der Waals surface area contributed by atoms with Crippen LogP contribution in [0.5, 0.6) is 5.75 Å². The van der Waals surface area contributed by atoms with Gasteiger partial charge in [0.15, 0.2) is 11.4 Å². The average Bonchev–Trinajstić information content (AvgIpc) is 2.99. The van der Waals surface area contributed by atoms with Crippen molar-refractivity contribution in [2.24, 2.45) is 4.99 Å². The fourth-order valence-electron chi connectivity index (χ4n) is 2.45. The Bertz CT molecular complexity index is 994. The zero-order valence-electron chi connectivity index (χ0n) is 14.7. The van der Waals surface area contributed by atoms with E-state index in [2.05, 4.69) is 36.9 Å². The number of ether oxygens (including phenoxy) is 2. The van der Waals surface area contributed by atoms with Crippen LogP contribution in [0, 0.1) is 0 Å². The smallest absolute Gasteiger partial charge is 0.363 e. The summed E-state index contributed by atoms with van der Waals surface area (Å²) in [5, 5.41) is 0.444. The summed E-state index contributed by atoms with van der Waals surface area (Å²) in [6, 6.07) is 10.4. The second-order valence-electron chi connectivity index (χ2n) is 5.85. The number of aliphatic imine (C=N–C) groups is 1. The predicted octanol–water partition coefficient (Wildman–Crippen LogP) is 5.92. The van der Waals surface area contributed by atoms with Crippen LogP contribution in [-0.2, 0) is 14.3 Å². The Morgan fingerprint density at radius 1 is 1.25 bits per heavy atom. The molecule has 28 heavy (non-hydrogen) atoms. The van der Waals surface area contributed by atoms with Gasteiger partial charge >= 0.3 is 11.9 Å². The van der Waals surface area contributed by atoms with Crippen molar-refractivity contribution in [3.63, 3.8) is 0 Å². The largest absolute Gasteiger partial charge is 0.424 e. The van der Waals surface area contributed by atoms with Crippen molar-refractivity contribution in [1.29, 1.82) is 0 Å². The third-order valence-electron chi connectivity index (χ3n) is 3.72. The van der Waals surface area contributed by atoms with Crippen molar-refractivity contribution in [2.45, 2.75) is 19.8 Å². The van der Waals surface area contributed by atoms with Crippen LogP contribution < -0.4 is 4.74 Å². The molecule has 0 fully saturated rings. The van der Waals surface area contributed by atoms with E-state index in [-0.39, 0.29) is 17.6 Å². The van der Waals surface area contributed by atoms with Gasteiger partial charge in [-0.2, -0.15) is 0 Å². The minimum Gasteiger partial charge on any atom is -0.424 e. The van der Waals surface area contributed by atoms with E-state index in [9.17, 15) is 9.59 Å². The summed E-state index contributed by atoms with van der Waals surface area (Å²) in [7, 11) is 0. The minimum atomic E-state index is -0.569. The van der Waals surface area contributed by atoms with Crippen LogP contribution in [0.1, 0.15) is 30.9 Å². The molecule has 0 spiro atoms. The molecule has 0 bridgehead atoms. The number of halogens is 3. The van der Waals surface area contributed by atoms with E-state index in [1.54, 1.807) is 42.5 Å². The van der Waals surface area contributed by atoms with Gasteiger partial charge < -0.3 is 9.47 Å². The molecular weight excluding hydrogens is 513 g/mol. The fourth-order valence-corrected chi connectivity index (χ4v) is 4.05. The maximum absolute atomic E-state index is 12.2. The highest BCUT2D eigenvalue weighted by Crippen LogP contribution is 2.36. The molecule has 1 aliphatic rings. The Morgan fingerprint density at radius 2 is 1.93 bits per heavy atom. The van der Waals surface area contributed by atoms with Crippen LogP contribution in [0.2, 0.25) is 5.02 Å². The molecule has 0 atom stereocenters. The molecule has 3 rings (SSSR count). The summed E-state index contributed by atoms with van der Waals surface area (Å²) in [6.07, 6.45) is 2.61. The normalized spacial score (nSPS) is 14.8. The van der Waals surface area contributed by atoms with Gasteiger partial charge in [0.1, 0.15) is 0 Å². The third kappa shape index (κ3) is 4.71. The van der Waals surface area contributed by atoms with Crippen LogP contribution >= 0.6 is 43.5 Å². The van der Waals surface area contributed by atoms with Gasteiger partial charge in [-0.1, -0.05) is 30.7 Å². The van der Waals surface area contributed by atoms with Crippen molar-refractivity contribution >= 4 is 67.4 Å². The lowest BCUT2D eigenvalue weighted by Crippen LogP contribution is -2.08. The van der Waals surface area contributed by atoms with E-state index < -0.39 is 5.97 Å². The summed E-state index contributed by atoms with van der Waals surface area (Å²) >= 11 is 12.9. The lowest BCUT2D eigenvalue weighted by molar-refractivity contribution is -0.134. The minimum absolute atomic E-state index is 0.143. The number of benzene rings is 2. The van der Waals surface area contributed by atoms with E-state index >= 15 is 0 Å². The molecule has 144 valence electrons. The topological polar surface area (TPSA) is 65.0 Å². The van der Waals surface area contributed by atoms with Crippen LogP contribution in [-0.4, -0.2) is 17.8 Å². The Labute approximate surface area is 183 Å². The van der Waals surface area contributed by atoms with Gasteiger partial charge in [-0.15, -0.1) is 0 Å². The molecule has 0 radical (unpaired) electrons. The monoisotopic (exact) mass is 525 g/mol. The number of rotatable bonds is 5. The first-order valence-electron chi connectivity index (χ1n) is 8.36. The fraction of sp³-hybridized carbons (Fsp3) is 0.150. The van der Waals surface area contributed by atoms with Crippen LogP contribution in [0.25, 0.3) is 6.08 Å². The molecular formula is C20H14Br2ClNO4.